The van der Waals surface area contributed by atoms with Crippen LogP contribution in [0, 0.1) is 12.7 Å². The van der Waals surface area contributed by atoms with Gasteiger partial charge in [0.05, 0.1) is 5.56 Å². The van der Waals surface area contributed by atoms with Crippen LogP contribution in [0.4, 0.5) is 4.39 Å². The Morgan fingerprint density at radius 3 is 2.70 bits per heavy atom. The summed E-state index contributed by atoms with van der Waals surface area (Å²) in [6, 6.07) is 11.0. The molecule has 0 aliphatic rings. The third-order valence-electron chi connectivity index (χ3n) is 3.22. The maximum atomic E-state index is 13.7. The van der Waals surface area contributed by atoms with Gasteiger partial charge in [-0.3, -0.25) is 4.79 Å². The van der Waals surface area contributed by atoms with Gasteiger partial charge in [0.15, 0.2) is 5.76 Å². The van der Waals surface area contributed by atoms with Gasteiger partial charge in [-0.25, -0.2) is 4.39 Å². The topological polar surface area (TPSA) is 30.2 Å². The second kappa shape index (κ2) is 4.76. The lowest BCUT2D eigenvalue weighted by molar-refractivity contribution is 0.101. The van der Waals surface area contributed by atoms with Gasteiger partial charge in [-0.1, -0.05) is 23.7 Å². The number of carbonyl (C=O) groups excluding carboxylic acids is 1. The summed E-state index contributed by atoms with van der Waals surface area (Å²) in [4.78, 5) is 12.4. The van der Waals surface area contributed by atoms with E-state index < -0.39 is 11.6 Å². The Kier molecular flexibility index (Phi) is 3.07. The number of halogens is 2. The van der Waals surface area contributed by atoms with Crippen molar-refractivity contribution in [3.05, 3.63) is 70.2 Å². The molecule has 3 rings (SSSR count). The number of benzene rings is 2. The van der Waals surface area contributed by atoms with E-state index in [2.05, 4.69) is 0 Å². The first-order valence-corrected chi connectivity index (χ1v) is 6.43. The molecule has 100 valence electrons. The second-order valence-electron chi connectivity index (χ2n) is 4.51. The number of hydrogen-bond acceptors (Lipinski definition) is 2. The highest BCUT2D eigenvalue weighted by atomic mass is 35.5. The largest absolute Gasteiger partial charge is 0.452 e. The van der Waals surface area contributed by atoms with Crippen molar-refractivity contribution in [2.45, 2.75) is 6.92 Å². The first-order chi connectivity index (χ1) is 9.58. The summed E-state index contributed by atoms with van der Waals surface area (Å²) >= 11 is 5.94. The Balaban J connectivity index is 2.18. The molecule has 1 aromatic heterocycles. The summed E-state index contributed by atoms with van der Waals surface area (Å²) in [5.41, 5.74) is 1.23. The van der Waals surface area contributed by atoms with Crippen LogP contribution in [0.3, 0.4) is 0 Å². The van der Waals surface area contributed by atoms with Crippen LogP contribution < -0.4 is 0 Å². The zero-order chi connectivity index (χ0) is 14.3. The van der Waals surface area contributed by atoms with Crippen molar-refractivity contribution in [3.63, 3.8) is 0 Å². The maximum absolute atomic E-state index is 13.7. The summed E-state index contributed by atoms with van der Waals surface area (Å²) in [6.45, 7) is 1.76. The molecule has 2 nitrogen and oxygen atoms in total. The molecule has 3 aromatic rings. The molecule has 0 saturated carbocycles. The molecule has 0 N–H and O–H groups in total. The van der Waals surface area contributed by atoms with Gasteiger partial charge in [-0.05, 0) is 37.3 Å². The molecule has 1 heterocycles. The Labute approximate surface area is 119 Å². The Hall–Kier alpha value is -2.13. The van der Waals surface area contributed by atoms with Gasteiger partial charge in [0.1, 0.15) is 11.4 Å². The van der Waals surface area contributed by atoms with Crippen LogP contribution in [0.2, 0.25) is 5.02 Å². The number of ketones is 1. The highest BCUT2D eigenvalue weighted by Gasteiger charge is 2.21. The average Bonchev–Trinajstić information content (AvgIpc) is 2.76. The zero-order valence-corrected chi connectivity index (χ0v) is 11.4. The van der Waals surface area contributed by atoms with Crippen LogP contribution in [0.15, 0.2) is 46.9 Å². The van der Waals surface area contributed by atoms with E-state index in [1.165, 1.54) is 18.2 Å². The molecule has 0 atom stereocenters. The van der Waals surface area contributed by atoms with Crippen LogP contribution in [0.5, 0.6) is 0 Å². The highest BCUT2D eigenvalue weighted by molar-refractivity contribution is 6.31. The normalized spacial score (nSPS) is 10.9. The molecule has 0 fully saturated rings. The van der Waals surface area contributed by atoms with Crippen molar-refractivity contribution in [2.75, 3.05) is 0 Å². The predicted molar refractivity (Wildman–Crippen MR) is 75.8 cm³/mol. The third-order valence-corrected chi connectivity index (χ3v) is 3.46. The van der Waals surface area contributed by atoms with E-state index in [-0.39, 0.29) is 11.3 Å². The Morgan fingerprint density at radius 1 is 1.20 bits per heavy atom. The molecule has 0 saturated heterocycles. The van der Waals surface area contributed by atoms with Crippen molar-refractivity contribution < 1.29 is 13.6 Å². The van der Waals surface area contributed by atoms with E-state index in [1.807, 2.05) is 0 Å². The fourth-order valence-corrected chi connectivity index (χ4v) is 2.35. The van der Waals surface area contributed by atoms with E-state index in [0.717, 1.165) is 5.39 Å². The maximum Gasteiger partial charge on any atom is 0.231 e. The van der Waals surface area contributed by atoms with Gasteiger partial charge in [-0.15, -0.1) is 0 Å². The number of hydrogen-bond donors (Lipinski definition) is 0. The summed E-state index contributed by atoms with van der Waals surface area (Å²) in [5.74, 6) is -0.879. The number of rotatable bonds is 2. The van der Waals surface area contributed by atoms with E-state index in [1.54, 1.807) is 31.2 Å². The molecule has 0 bridgehead atoms. The van der Waals surface area contributed by atoms with E-state index in [0.29, 0.717) is 16.2 Å². The number of carbonyl (C=O) groups is 1. The number of aryl methyl sites for hydroxylation is 1. The molecule has 0 aliphatic heterocycles. The third kappa shape index (κ3) is 2.00. The quantitative estimate of drug-likeness (QED) is 0.636. The summed E-state index contributed by atoms with van der Waals surface area (Å²) in [6.07, 6.45) is 0. The molecular weight excluding hydrogens is 279 g/mol. The smallest absolute Gasteiger partial charge is 0.231 e. The monoisotopic (exact) mass is 288 g/mol. The van der Waals surface area contributed by atoms with Crippen LogP contribution in [-0.4, -0.2) is 5.78 Å². The van der Waals surface area contributed by atoms with Gasteiger partial charge in [0.2, 0.25) is 5.78 Å². The molecule has 0 radical (unpaired) electrons. The lowest BCUT2D eigenvalue weighted by Crippen LogP contribution is -2.04. The Bertz CT molecular complexity index is 820. The van der Waals surface area contributed by atoms with Crippen molar-refractivity contribution >= 4 is 28.4 Å². The van der Waals surface area contributed by atoms with E-state index in [4.69, 9.17) is 16.0 Å². The van der Waals surface area contributed by atoms with Crippen LogP contribution in [-0.2, 0) is 0 Å². The minimum Gasteiger partial charge on any atom is -0.452 e. The van der Waals surface area contributed by atoms with Crippen LogP contribution >= 0.6 is 11.6 Å². The fraction of sp³-hybridized carbons (Fsp3) is 0.0625. The second-order valence-corrected chi connectivity index (χ2v) is 4.94. The van der Waals surface area contributed by atoms with Gasteiger partial charge in [0.25, 0.3) is 0 Å². The molecule has 2 aromatic carbocycles. The van der Waals surface area contributed by atoms with E-state index in [9.17, 15) is 9.18 Å². The molecular formula is C16H10ClFO2. The standard InChI is InChI=1S/C16H10ClFO2/c1-9-12-8-10(17)6-7-14(12)20-16(9)15(19)11-4-2-3-5-13(11)18/h2-8H,1H3. The molecule has 20 heavy (non-hydrogen) atoms. The average molecular weight is 289 g/mol. The SMILES string of the molecule is Cc1c(C(=O)c2ccccc2F)oc2ccc(Cl)cc12. The molecule has 0 spiro atoms. The molecule has 0 amide bonds. The number of fused-ring (bicyclic) bond motifs is 1. The molecule has 0 unspecified atom stereocenters. The molecule has 4 heteroatoms. The van der Waals surface area contributed by atoms with Crippen molar-refractivity contribution in [3.8, 4) is 0 Å². The van der Waals surface area contributed by atoms with Crippen molar-refractivity contribution in [1.82, 2.24) is 0 Å². The predicted octanol–water partition coefficient (Wildman–Crippen LogP) is 4.76. The van der Waals surface area contributed by atoms with Gasteiger partial charge < -0.3 is 4.42 Å². The number of furan rings is 1. The summed E-state index contributed by atoms with van der Waals surface area (Å²) in [7, 11) is 0. The van der Waals surface area contributed by atoms with Gasteiger partial charge >= 0.3 is 0 Å². The van der Waals surface area contributed by atoms with E-state index >= 15 is 0 Å². The van der Waals surface area contributed by atoms with Gasteiger partial charge in [-0.2, -0.15) is 0 Å². The van der Waals surface area contributed by atoms with Gasteiger partial charge in [0, 0.05) is 16.0 Å². The van der Waals surface area contributed by atoms with Crippen molar-refractivity contribution in [2.24, 2.45) is 0 Å². The summed E-state index contributed by atoms with van der Waals surface area (Å²) in [5, 5.41) is 1.32. The van der Waals surface area contributed by atoms with Crippen molar-refractivity contribution in [1.29, 1.82) is 0 Å². The zero-order valence-electron chi connectivity index (χ0n) is 10.6. The first-order valence-electron chi connectivity index (χ1n) is 6.06. The molecule has 0 aliphatic carbocycles. The highest BCUT2D eigenvalue weighted by Crippen LogP contribution is 2.29. The lowest BCUT2D eigenvalue weighted by atomic mass is 10.0. The van der Waals surface area contributed by atoms with Crippen LogP contribution in [0.25, 0.3) is 11.0 Å². The minimum atomic E-state index is -0.560. The fourth-order valence-electron chi connectivity index (χ4n) is 2.18. The first kappa shape index (κ1) is 12.9. The lowest BCUT2D eigenvalue weighted by Gasteiger charge is -2.00. The summed E-state index contributed by atoms with van der Waals surface area (Å²) < 4.78 is 19.2. The minimum absolute atomic E-state index is 0.000697. The van der Waals surface area contributed by atoms with Crippen LogP contribution in [0.1, 0.15) is 21.7 Å². The Morgan fingerprint density at radius 2 is 1.95 bits per heavy atom.